The summed E-state index contributed by atoms with van der Waals surface area (Å²) in [5, 5.41) is 11.3. The minimum Gasteiger partial charge on any atom is -0.376 e. The first-order valence-corrected chi connectivity index (χ1v) is 7.09. The molecule has 22 heavy (non-hydrogen) atoms. The smallest absolute Gasteiger partial charge is 0.247 e. The summed E-state index contributed by atoms with van der Waals surface area (Å²) in [5.74, 6) is -0.381. The quantitative estimate of drug-likeness (QED) is 0.437. The fraction of sp³-hybridized carbons (Fsp3) is 0.438. The van der Waals surface area contributed by atoms with Crippen LogP contribution in [0.3, 0.4) is 0 Å². The summed E-state index contributed by atoms with van der Waals surface area (Å²) in [6.45, 7) is 0.602. The molecule has 0 aliphatic heterocycles. The van der Waals surface area contributed by atoms with Gasteiger partial charge in [-0.2, -0.15) is 0 Å². The van der Waals surface area contributed by atoms with Crippen LogP contribution in [0.15, 0.2) is 42.0 Å². The number of nitro groups is 1. The van der Waals surface area contributed by atoms with Crippen molar-refractivity contribution in [1.29, 1.82) is 0 Å². The maximum absolute atomic E-state index is 11.3. The van der Waals surface area contributed by atoms with Crippen molar-refractivity contribution in [3.05, 3.63) is 57.7 Å². The minimum absolute atomic E-state index is 0.214. The lowest BCUT2D eigenvalue weighted by molar-refractivity contribution is -0.543. The summed E-state index contributed by atoms with van der Waals surface area (Å²) in [4.78, 5) is 22.0. The van der Waals surface area contributed by atoms with Crippen molar-refractivity contribution >= 4 is 6.29 Å². The van der Waals surface area contributed by atoms with Crippen LogP contribution in [0, 0.1) is 16.0 Å². The van der Waals surface area contributed by atoms with Crippen LogP contribution < -0.4 is 0 Å². The zero-order valence-corrected chi connectivity index (χ0v) is 12.4. The molecule has 0 fully saturated rings. The fourth-order valence-corrected chi connectivity index (χ4v) is 2.72. The molecular weight excluding hydrogens is 286 g/mol. The largest absolute Gasteiger partial charge is 0.376 e. The Kier molecular flexibility index (Phi) is 5.80. The minimum atomic E-state index is -0.899. The van der Waals surface area contributed by atoms with Crippen molar-refractivity contribution in [2.75, 3.05) is 13.7 Å². The first-order chi connectivity index (χ1) is 10.7. The number of nitrogens with zero attached hydrogens (tertiary/aromatic N) is 1. The second-order valence-electron chi connectivity index (χ2n) is 5.30. The Bertz CT molecular complexity index is 543. The number of ether oxygens (including phenoxy) is 2. The van der Waals surface area contributed by atoms with Gasteiger partial charge in [0.2, 0.25) is 6.04 Å². The number of hydrogen-bond donors (Lipinski definition) is 0. The molecule has 0 heterocycles. The number of rotatable bonds is 7. The second-order valence-corrected chi connectivity index (χ2v) is 5.30. The van der Waals surface area contributed by atoms with Crippen molar-refractivity contribution in [3.63, 3.8) is 0 Å². The van der Waals surface area contributed by atoms with Crippen LogP contribution in [-0.2, 0) is 20.9 Å². The number of carbonyl (C=O) groups is 1. The molecule has 0 unspecified atom stereocenters. The Labute approximate surface area is 128 Å². The maximum atomic E-state index is 11.3. The van der Waals surface area contributed by atoms with Gasteiger partial charge in [0.25, 0.3) is 0 Å². The van der Waals surface area contributed by atoms with Gasteiger partial charge in [0.1, 0.15) is 12.4 Å². The predicted octanol–water partition coefficient (Wildman–Crippen LogP) is 2.01. The van der Waals surface area contributed by atoms with Crippen LogP contribution in [0.4, 0.5) is 0 Å². The molecule has 118 valence electrons. The molecule has 0 radical (unpaired) electrons. The summed E-state index contributed by atoms with van der Waals surface area (Å²) in [6.07, 6.45) is 1.90. The third-order valence-corrected chi connectivity index (χ3v) is 3.81. The first kappa shape index (κ1) is 16.3. The predicted molar refractivity (Wildman–Crippen MR) is 79.9 cm³/mol. The summed E-state index contributed by atoms with van der Waals surface area (Å²) >= 11 is 0. The van der Waals surface area contributed by atoms with E-state index in [-0.39, 0.29) is 17.4 Å². The Morgan fingerprint density at radius 2 is 2.09 bits per heavy atom. The average molecular weight is 305 g/mol. The monoisotopic (exact) mass is 305 g/mol. The molecule has 3 atom stereocenters. The van der Waals surface area contributed by atoms with Gasteiger partial charge in [-0.3, -0.25) is 14.9 Å². The molecule has 1 aromatic rings. The van der Waals surface area contributed by atoms with Crippen LogP contribution in [-0.4, -0.2) is 37.1 Å². The van der Waals surface area contributed by atoms with Crippen molar-refractivity contribution < 1.29 is 19.2 Å². The molecule has 0 saturated heterocycles. The maximum Gasteiger partial charge on any atom is 0.247 e. The van der Waals surface area contributed by atoms with Crippen LogP contribution in [0.25, 0.3) is 0 Å². The van der Waals surface area contributed by atoms with E-state index < -0.39 is 12.1 Å². The molecule has 0 N–H and O–H groups in total. The average Bonchev–Trinajstić information content (AvgIpc) is 2.54. The molecule has 0 aromatic heterocycles. The normalized spacial score (nSPS) is 24.6. The van der Waals surface area contributed by atoms with Crippen LogP contribution in [0.2, 0.25) is 0 Å². The van der Waals surface area contributed by atoms with Gasteiger partial charge in [0.15, 0.2) is 0 Å². The molecule has 0 spiro atoms. The van der Waals surface area contributed by atoms with E-state index in [2.05, 4.69) is 0 Å². The third-order valence-electron chi connectivity index (χ3n) is 3.81. The van der Waals surface area contributed by atoms with E-state index in [4.69, 9.17) is 9.47 Å². The third kappa shape index (κ3) is 3.99. The van der Waals surface area contributed by atoms with Crippen LogP contribution in [0.5, 0.6) is 0 Å². The Hall–Kier alpha value is -2.05. The SMILES string of the molecule is CO[C@@H]1C=C(C=O)C[C@@H](COCc2ccccc2)[C@@H]1[N+](=O)[O-]. The molecule has 0 bridgehead atoms. The van der Waals surface area contributed by atoms with E-state index in [9.17, 15) is 14.9 Å². The van der Waals surface area contributed by atoms with Gasteiger partial charge < -0.3 is 9.47 Å². The standard InChI is InChI=1S/C16H19NO5/c1-21-15-8-13(9-18)7-14(16(15)17(19)20)11-22-10-12-5-3-2-4-6-12/h2-6,8-9,14-16H,7,10-11H2,1H3/t14-,15+,16-/m0/s1. The van der Waals surface area contributed by atoms with E-state index in [0.717, 1.165) is 11.8 Å². The van der Waals surface area contributed by atoms with Gasteiger partial charge in [0, 0.05) is 12.0 Å². The highest BCUT2D eigenvalue weighted by Crippen LogP contribution is 2.28. The first-order valence-electron chi connectivity index (χ1n) is 7.09. The molecule has 0 amide bonds. The number of carbonyl (C=O) groups excluding carboxylic acids is 1. The second kappa shape index (κ2) is 7.82. The zero-order chi connectivity index (χ0) is 15.9. The lowest BCUT2D eigenvalue weighted by Gasteiger charge is -2.29. The molecule has 6 heteroatoms. The molecule has 1 aliphatic carbocycles. The molecule has 1 aliphatic rings. The Balaban J connectivity index is 2.02. The summed E-state index contributed by atoms with van der Waals surface area (Å²) < 4.78 is 10.8. The van der Waals surface area contributed by atoms with Gasteiger partial charge in [-0.25, -0.2) is 0 Å². The van der Waals surface area contributed by atoms with E-state index >= 15 is 0 Å². The van der Waals surface area contributed by atoms with E-state index in [0.29, 0.717) is 18.6 Å². The number of benzene rings is 1. The number of allylic oxidation sites excluding steroid dienone is 1. The van der Waals surface area contributed by atoms with E-state index in [1.54, 1.807) is 0 Å². The van der Waals surface area contributed by atoms with E-state index in [1.807, 2.05) is 30.3 Å². The topological polar surface area (TPSA) is 78.7 Å². The highest BCUT2D eigenvalue weighted by atomic mass is 16.6. The van der Waals surface area contributed by atoms with Crippen LogP contribution in [0.1, 0.15) is 12.0 Å². The van der Waals surface area contributed by atoms with Gasteiger partial charge in [0.05, 0.1) is 19.1 Å². The Morgan fingerprint density at radius 3 is 2.68 bits per heavy atom. The molecule has 1 aromatic carbocycles. The van der Waals surface area contributed by atoms with Crippen LogP contribution >= 0.6 is 0 Å². The lowest BCUT2D eigenvalue weighted by Crippen LogP contribution is -2.45. The number of aldehydes is 1. The molecular formula is C16H19NO5. The van der Waals surface area contributed by atoms with Gasteiger partial charge in [-0.1, -0.05) is 30.3 Å². The number of methoxy groups -OCH3 is 1. The Morgan fingerprint density at radius 1 is 1.36 bits per heavy atom. The molecule has 0 saturated carbocycles. The van der Waals surface area contributed by atoms with Gasteiger partial charge in [-0.15, -0.1) is 0 Å². The van der Waals surface area contributed by atoms with Gasteiger partial charge >= 0.3 is 0 Å². The van der Waals surface area contributed by atoms with Gasteiger partial charge in [-0.05, 0) is 23.6 Å². The molecule has 2 rings (SSSR count). The fourth-order valence-electron chi connectivity index (χ4n) is 2.72. The zero-order valence-electron chi connectivity index (χ0n) is 12.4. The summed E-state index contributed by atoms with van der Waals surface area (Å²) in [6, 6.07) is 8.70. The summed E-state index contributed by atoms with van der Waals surface area (Å²) in [7, 11) is 1.41. The van der Waals surface area contributed by atoms with Crippen molar-refractivity contribution in [1.82, 2.24) is 0 Å². The van der Waals surface area contributed by atoms with Crippen molar-refractivity contribution in [2.24, 2.45) is 5.92 Å². The lowest BCUT2D eigenvalue weighted by atomic mass is 9.84. The highest BCUT2D eigenvalue weighted by molar-refractivity contribution is 5.73. The van der Waals surface area contributed by atoms with E-state index in [1.165, 1.54) is 13.2 Å². The summed E-state index contributed by atoms with van der Waals surface area (Å²) in [5.41, 5.74) is 1.53. The van der Waals surface area contributed by atoms with Crippen molar-refractivity contribution in [3.8, 4) is 0 Å². The molecule has 6 nitrogen and oxygen atoms in total. The highest BCUT2D eigenvalue weighted by Gasteiger charge is 2.42. The van der Waals surface area contributed by atoms with Crippen molar-refractivity contribution in [2.45, 2.75) is 25.2 Å². The number of hydrogen-bond acceptors (Lipinski definition) is 5.